The minimum atomic E-state index is -0.609. The van der Waals surface area contributed by atoms with Gasteiger partial charge in [0.1, 0.15) is 0 Å². The van der Waals surface area contributed by atoms with Crippen LogP contribution in [0.4, 0.5) is 0 Å². The molecule has 0 unspecified atom stereocenters. The van der Waals surface area contributed by atoms with Crippen LogP contribution in [-0.4, -0.2) is 17.0 Å². The monoisotopic (exact) mass is 215 g/mol. The van der Waals surface area contributed by atoms with Gasteiger partial charge in [-0.3, -0.25) is 9.59 Å². The lowest BCUT2D eigenvalue weighted by Crippen LogP contribution is -2.09. The van der Waals surface area contributed by atoms with Gasteiger partial charge in [-0.25, -0.2) is 0 Å². The smallest absolute Gasteiger partial charge is 0.306 e. The Morgan fingerprint density at radius 2 is 1.87 bits per heavy atom. The Bertz CT molecular complexity index is 198. The maximum Gasteiger partial charge on any atom is 0.306 e. The van der Waals surface area contributed by atoms with Crippen LogP contribution in [0.5, 0.6) is 0 Å². The highest BCUT2D eigenvalue weighted by Crippen LogP contribution is 2.24. The first-order chi connectivity index (χ1) is 7.07. The molecule has 4 heteroatoms. The lowest BCUT2D eigenvalue weighted by molar-refractivity contribution is -0.141. The Morgan fingerprint density at radius 1 is 1.33 bits per heavy atom. The van der Waals surface area contributed by atoms with Crippen molar-refractivity contribution >= 4 is 11.9 Å². The number of rotatable bonds is 4. The van der Waals surface area contributed by atoms with Crippen LogP contribution < -0.4 is 5.73 Å². The molecule has 15 heavy (non-hydrogen) atoms. The fourth-order valence-electron chi connectivity index (χ4n) is 1.52. The highest BCUT2D eigenvalue weighted by atomic mass is 16.4. The van der Waals surface area contributed by atoms with Crippen molar-refractivity contribution in [1.82, 2.24) is 0 Å². The summed E-state index contributed by atoms with van der Waals surface area (Å²) in [6.07, 6.45) is 6.52. The molecular formula is C11H21NO3. The van der Waals surface area contributed by atoms with Gasteiger partial charge in [0.15, 0.2) is 0 Å². The minimum absolute atomic E-state index is 0.0185. The summed E-state index contributed by atoms with van der Waals surface area (Å²) in [5.74, 6) is -0.820. The van der Waals surface area contributed by atoms with Crippen LogP contribution in [0.15, 0.2) is 0 Å². The number of unbranched alkanes of at least 4 members (excludes halogenated alkanes) is 1. The Labute approximate surface area is 90.8 Å². The van der Waals surface area contributed by atoms with E-state index in [1.165, 1.54) is 0 Å². The minimum Gasteiger partial charge on any atom is -0.481 e. The Hall–Kier alpha value is -1.06. The van der Waals surface area contributed by atoms with Gasteiger partial charge in [0, 0.05) is 6.42 Å². The zero-order valence-corrected chi connectivity index (χ0v) is 9.37. The van der Waals surface area contributed by atoms with Gasteiger partial charge in [-0.05, 0) is 19.3 Å². The SMILES string of the molecule is CCCCC(N)=O.O=C(O)C1CCCC1. The number of hydrogen-bond donors (Lipinski definition) is 2. The zero-order valence-electron chi connectivity index (χ0n) is 9.37. The van der Waals surface area contributed by atoms with Gasteiger partial charge < -0.3 is 10.8 Å². The molecule has 1 rings (SSSR count). The number of amides is 1. The van der Waals surface area contributed by atoms with Gasteiger partial charge >= 0.3 is 5.97 Å². The van der Waals surface area contributed by atoms with Crippen LogP contribution >= 0.6 is 0 Å². The molecule has 1 fully saturated rings. The second-order valence-electron chi connectivity index (χ2n) is 3.89. The number of carbonyl (C=O) groups is 2. The van der Waals surface area contributed by atoms with Gasteiger partial charge in [0.05, 0.1) is 5.92 Å². The van der Waals surface area contributed by atoms with Gasteiger partial charge in [-0.2, -0.15) is 0 Å². The second kappa shape index (κ2) is 8.26. The van der Waals surface area contributed by atoms with E-state index in [0.717, 1.165) is 38.5 Å². The van der Waals surface area contributed by atoms with Crippen molar-refractivity contribution in [2.75, 3.05) is 0 Å². The van der Waals surface area contributed by atoms with Crippen molar-refractivity contribution < 1.29 is 14.7 Å². The van der Waals surface area contributed by atoms with Gasteiger partial charge in [-0.15, -0.1) is 0 Å². The largest absolute Gasteiger partial charge is 0.481 e. The lowest BCUT2D eigenvalue weighted by atomic mass is 10.1. The molecule has 1 aliphatic rings. The predicted octanol–water partition coefficient (Wildman–Crippen LogP) is 1.92. The van der Waals surface area contributed by atoms with Crippen LogP contribution in [0.2, 0.25) is 0 Å². The molecule has 1 saturated carbocycles. The number of primary amides is 1. The van der Waals surface area contributed by atoms with E-state index in [-0.39, 0.29) is 11.8 Å². The molecule has 88 valence electrons. The van der Waals surface area contributed by atoms with Crippen LogP contribution in [-0.2, 0) is 9.59 Å². The van der Waals surface area contributed by atoms with Crippen LogP contribution in [0, 0.1) is 5.92 Å². The lowest BCUT2D eigenvalue weighted by Gasteiger charge is -1.97. The zero-order chi connectivity index (χ0) is 11.7. The summed E-state index contributed by atoms with van der Waals surface area (Å²) in [6, 6.07) is 0. The predicted molar refractivity (Wildman–Crippen MR) is 58.3 cm³/mol. The molecule has 0 aromatic heterocycles. The third kappa shape index (κ3) is 7.97. The topological polar surface area (TPSA) is 80.4 Å². The van der Waals surface area contributed by atoms with E-state index >= 15 is 0 Å². The van der Waals surface area contributed by atoms with Crippen molar-refractivity contribution in [3.8, 4) is 0 Å². The number of hydrogen-bond acceptors (Lipinski definition) is 2. The Kier molecular flexibility index (Phi) is 7.68. The van der Waals surface area contributed by atoms with Crippen LogP contribution in [0.3, 0.4) is 0 Å². The highest BCUT2D eigenvalue weighted by molar-refractivity contribution is 5.73. The summed E-state index contributed by atoms with van der Waals surface area (Å²) >= 11 is 0. The third-order valence-corrected chi connectivity index (χ3v) is 2.48. The van der Waals surface area contributed by atoms with E-state index in [9.17, 15) is 9.59 Å². The average molecular weight is 215 g/mol. The van der Waals surface area contributed by atoms with Crippen LogP contribution in [0.25, 0.3) is 0 Å². The van der Waals surface area contributed by atoms with Crippen molar-refractivity contribution in [2.45, 2.75) is 51.9 Å². The quantitative estimate of drug-likeness (QED) is 0.751. The summed E-state index contributed by atoms with van der Waals surface area (Å²) in [7, 11) is 0. The summed E-state index contributed by atoms with van der Waals surface area (Å²) in [6.45, 7) is 2.03. The first-order valence-corrected chi connectivity index (χ1v) is 5.59. The first-order valence-electron chi connectivity index (χ1n) is 5.59. The van der Waals surface area contributed by atoms with Gasteiger partial charge in [0.25, 0.3) is 0 Å². The highest BCUT2D eigenvalue weighted by Gasteiger charge is 2.20. The Morgan fingerprint density at radius 3 is 2.07 bits per heavy atom. The fourth-order valence-corrected chi connectivity index (χ4v) is 1.52. The van der Waals surface area contributed by atoms with Crippen molar-refractivity contribution in [3.05, 3.63) is 0 Å². The summed E-state index contributed by atoms with van der Waals surface area (Å²) in [5.41, 5.74) is 4.84. The molecule has 1 amide bonds. The molecule has 0 radical (unpaired) electrons. The standard InChI is InChI=1S/C6H10O2.C5H11NO/c7-6(8)5-3-1-2-4-5;1-2-3-4-5(6)7/h5H,1-4H2,(H,7,8);2-4H2,1H3,(H2,6,7). The molecule has 3 N–H and O–H groups in total. The van der Waals surface area contributed by atoms with Crippen LogP contribution in [0.1, 0.15) is 51.9 Å². The number of carboxylic acids is 1. The van der Waals surface area contributed by atoms with E-state index in [2.05, 4.69) is 0 Å². The molecule has 4 nitrogen and oxygen atoms in total. The van der Waals surface area contributed by atoms with E-state index in [1.807, 2.05) is 6.92 Å². The summed E-state index contributed by atoms with van der Waals surface area (Å²) in [4.78, 5) is 20.2. The van der Waals surface area contributed by atoms with Gasteiger partial charge in [-0.1, -0.05) is 26.2 Å². The summed E-state index contributed by atoms with van der Waals surface area (Å²) in [5, 5.41) is 8.41. The molecule has 0 aromatic rings. The molecular weight excluding hydrogens is 194 g/mol. The van der Waals surface area contributed by atoms with Crippen molar-refractivity contribution in [1.29, 1.82) is 0 Å². The van der Waals surface area contributed by atoms with E-state index in [0.29, 0.717) is 6.42 Å². The number of carboxylic acid groups (broad SMARTS) is 1. The Balaban J connectivity index is 0.000000265. The molecule has 0 bridgehead atoms. The molecule has 0 heterocycles. The molecule has 0 aromatic carbocycles. The average Bonchev–Trinajstić information content (AvgIpc) is 2.68. The number of nitrogens with two attached hydrogens (primary N) is 1. The van der Waals surface area contributed by atoms with E-state index in [1.54, 1.807) is 0 Å². The maximum absolute atomic E-state index is 10.2. The number of aliphatic carboxylic acids is 1. The number of carbonyl (C=O) groups excluding carboxylic acids is 1. The van der Waals surface area contributed by atoms with E-state index in [4.69, 9.17) is 10.8 Å². The second-order valence-corrected chi connectivity index (χ2v) is 3.89. The fraction of sp³-hybridized carbons (Fsp3) is 0.818. The maximum atomic E-state index is 10.2. The molecule has 0 saturated heterocycles. The van der Waals surface area contributed by atoms with Gasteiger partial charge in [0.2, 0.25) is 5.91 Å². The third-order valence-electron chi connectivity index (χ3n) is 2.48. The van der Waals surface area contributed by atoms with Crippen molar-refractivity contribution in [2.24, 2.45) is 11.7 Å². The molecule has 0 spiro atoms. The van der Waals surface area contributed by atoms with Crippen molar-refractivity contribution in [3.63, 3.8) is 0 Å². The molecule has 0 aliphatic heterocycles. The first kappa shape index (κ1) is 13.9. The molecule has 0 atom stereocenters. The normalized spacial score (nSPS) is 15.5. The van der Waals surface area contributed by atoms with E-state index < -0.39 is 5.97 Å². The summed E-state index contributed by atoms with van der Waals surface area (Å²) < 4.78 is 0. The molecule has 1 aliphatic carbocycles.